The molecule has 0 spiro atoms. The first-order valence-electron chi connectivity index (χ1n) is 8.99. The fourth-order valence-corrected chi connectivity index (χ4v) is 3.38. The highest BCUT2D eigenvalue weighted by molar-refractivity contribution is 6.42. The Hall–Kier alpha value is -2.83. The number of fused-ring (bicyclic) bond motifs is 1. The van der Waals surface area contributed by atoms with Gasteiger partial charge in [-0.05, 0) is 36.2 Å². The highest BCUT2D eigenvalue weighted by Gasteiger charge is 2.20. The highest BCUT2D eigenvalue weighted by Crippen LogP contribution is 2.27. The van der Waals surface area contributed by atoms with Crippen molar-refractivity contribution in [3.05, 3.63) is 76.0 Å². The fraction of sp³-hybridized carbons (Fsp3) is 0.190. The van der Waals surface area contributed by atoms with E-state index in [1.807, 2.05) is 41.8 Å². The number of amides is 1. The molecule has 8 heteroatoms. The molecule has 1 heterocycles. The molecule has 1 amide bonds. The van der Waals surface area contributed by atoms with Crippen LogP contribution < -0.4 is 5.32 Å². The first kappa shape index (κ1) is 20.9. The Bertz CT molecular complexity index is 1090. The summed E-state index contributed by atoms with van der Waals surface area (Å²) in [7, 11) is 0. The molecule has 1 aromatic heterocycles. The molecule has 0 aliphatic heterocycles. The van der Waals surface area contributed by atoms with Crippen LogP contribution in [0.5, 0.6) is 0 Å². The van der Waals surface area contributed by atoms with Crippen molar-refractivity contribution < 1.29 is 14.7 Å². The summed E-state index contributed by atoms with van der Waals surface area (Å²) >= 11 is 12.2. The molecule has 3 rings (SSSR count). The minimum absolute atomic E-state index is 0.392. The third kappa shape index (κ3) is 4.96. The van der Waals surface area contributed by atoms with Crippen LogP contribution in [0.3, 0.4) is 0 Å². The molecule has 0 saturated carbocycles. The predicted octanol–water partition coefficient (Wildman–Crippen LogP) is 4.60. The molecular weight excluding hydrogens is 413 g/mol. The zero-order valence-corrected chi connectivity index (χ0v) is 17.1. The van der Waals surface area contributed by atoms with Crippen molar-refractivity contribution >= 4 is 46.1 Å². The minimum Gasteiger partial charge on any atom is -0.478 e. The van der Waals surface area contributed by atoms with Gasteiger partial charge in [-0.2, -0.15) is 0 Å². The van der Waals surface area contributed by atoms with Crippen LogP contribution in [0.1, 0.15) is 30.8 Å². The summed E-state index contributed by atoms with van der Waals surface area (Å²) < 4.78 is 2.02. The van der Waals surface area contributed by atoms with E-state index in [2.05, 4.69) is 5.32 Å². The standard InChI is InChI=1S/C21H19Cl2N3O3/c1-2-16(24-19(27)9-10-20(28)29)21-25-17-5-3-4-6-18(17)26(21)12-13-7-8-14(22)15(23)11-13/h3-11,16H,2,12H2,1H3,(H,24,27)(H,28,29)/b10-9+. The molecule has 0 saturated heterocycles. The van der Waals surface area contributed by atoms with Crippen LogP contribution >= 0.6 is 23.2 Å². The number of carbonyl (C=O) groups excluding carboxylic acids is 1. The number of para-hydroxylation sites is 2. The van der Waals surface area contributed by atoms with Gasteiger partial charge in [0.25, 0.3) is 0 Å². The maximum absolute atomic E-state index is 12.1. The maximum atomic E-state index is 12.1. The van der Waals surface area contributed by atoms with Gasteiger partial charge >= 0.3 is 5.97 Å². The van der Waals surface area contributed by atoms with E-state index in [9.17, 15) is 9.59 Å². The van der Waals surface area contributed by atoms with Crippen LogP contribution in [-0.2, 0) is 16.1 Å². The van der Waals surface area contributed by atoms with E-state index < -0.39 is 17.9 Å². The number of carboxylic acid groups (broad SMARTS) is 1. The Kier molecular flexibility index (Phi) is 6.56. The second kappa shape index (κ2) is 9.11. The summed E-state index contributed by atoms with van der Waals surface area (Å²) in [6.45, 7) is 2.42. The average Bonchev–Trinajstić information content (AvgIpc) is 3.05. The number of benzene rings is 2. The van der Waals surface area contributed by atoms with E-state index in [1.54, 1.807) is 12.1 Å². The SMILES string of the molecule is CCC(NC(=O)/C=C/C(=O)O)c1nc2ccccc2n1Cc1ccc(Cl)c(Cl)c1. The topological polar surface area (TPSA) is 84.2 Å². The molecule has 0 radical (unpaired) electrons. The van der Waals surface area contributed by atoms with Gasteiger partial charge in [-0.25, -0.2) is 9.78 Å². The van der Waals surface area contributed by atoms with Crippen LogP contribution in [-0.4, -0.2) is 26.5 Å². The van der Waals surface area contributed by atoms with Crippen molar-refractivity contribution in [3.63, 3.8) is 0 Å². The van der Waals surface area contributed by atoms with Crippen LogP contribution in [0.15, 0.2) is 54.6 Å². The zero-order chi connectivity index (χ0) is 21.0. The highest BCUT2D eigenvalue weighted by atomic mass is 35.5. The summed E-state index contributed by atoms with van der Waals surface area (Å²) in [5, 5.41) is 12.5. The Morgan fingerprint density at radius 3 is 2.62 bits per heavy atom. The predicted molar refractivity (Wildman–Crippen MR) is 113 cm³/mol. The Morgan fingerprint density at radius 2 is 1.93 bits per heavy atom. The van der Waals surface area contributed by atoms with Gasteiger partial charge in [0.2, 0.25) is 5.91 Å². The van der Waals surface area contributed by atoms with Gasteiger partial charge in [0.15, 0.2) is 0 Å². The van der Waals surface area contributed by atoms with Crippen LogP contribution in [0.2, 0.25) is 10.0 Å². The summed E-state index contributed by atoms with van der Waals surface area (Å²) in [4.78, 5) is 27.5. The molecule has 6 nitrogen and oxygen atoms in total. The smallest absolute Gasteiger partial charge is 0.328 e. The number of carbonyl (C=O) groups is 2. The molecule has 0 bridgehead atoms. The third-order valence-corrected chi connectivity index (χ3v) is 5.16. The molecule has 1 unspecified atom stereocenters. The number of carboxylic acids is 1. The lowest BCUT2D eigenvalue weighted by atomic mass is 10.1. The molecule has 0 fully saturated rings. The molecule has 3 aromatic rings. The first-order valence-corrected chi connectivity index (χ1v) is 9.75. The van der Waals surface area contributed by atoms with Gasteiger partial charge in [0.1, 0.15) is 5.82 Å². The van der Waals surface area contributed by atoms with E-state index in [-0.39, 0.29) is 0 Å². The Balaban J connectivity index is 1.99. The lowest BCUT2D eigenvalue weighted by Gasteiger charge is -2.18. The number of aliphatic carboxylic acids is 1. The number of imidazole rings is 1. The molecule has 29 heavy (non-hydrogen) atoms. The lowest BCUT2D eigenvalue weighted by molar-refractivity contribution is -0.131. The number of rotatable bonds is 7. The van der Waals surface area contributed by atoms with E-state index in [0.29, 0.717) is 28.8 Å². The monoisotopic (exact) mass is 431 g/mol. The van der Waals surface area contributed by atoms with Gasteiger partial charge in [-0.3, -0.25) is 4.79 Å². The van der Waals surface area contributed by atoms with E-state index in [1.165, 1.54) is 0 Å². The second-order valence-electron chi connectivity index (χ2n) is 6.43. The lowest BCUT2D eigenvalue weighted by Crippen LogP contribution is -2.29. The molecule has 2 N–H and O–H groups in total. The van der Waals surface area contributed by atoms with E-state index in [0.717, 1.165) is 28.7 Å². The normalized spacial score (nSPS) is 12.4. The number of hydrogen-bond donors (Lipinski definition) is 2. The van der Waals surface area contributed by atoms with E-state index >= 15 is 0 Å². The Morgan fingerprint density at radius 1 is 1.17 bits per heavy atom. The van der Waals surface area contributed by atoms with Gasteiger partial charge in [-0.1, -0.05) is 48.3 Å². The van der Waals surface area contributed by atoms with Crippen molar-refractivity contribution in [2.45, 2.75) is 25.9 Å². The van der Waals surface area contributed by atoms with Crippen molar-refractivity contribution in [2.75, 3.05) is 0 Å². The van der Waals surface area contributed by atoms with Gasteiger partial charge in [0, 0.05) is 18.7 Å². The summed E-state index contributed by atoms with van der Waals surface area (Å²) in [6, 6.07) is 12.7. The number of nitrogens with one attached hydrogen (secondary N) is 1. The third-order valence-electron chi connectivity index (χ3n) is 4.42. The van der Waals surface area contributed by atoms with Crippen molar-refractivity contribution in [1.82, 2.24) is 14.9 Å². The van der Waals surface area contributed by atoms with Gasteiger partial charge in [0.05, 0.1) is 27.1 Å². The molecule has 0 aliphatic rings. The second-order valence-corrected chi connectivity index (χ2v) is 7.25. The zero-order valence-electron chi connectivity index (χ0n) is 15.6. The van der Waals surface area contributed by atoms with Crippen LogP contribution in [0.25, 0.3) is 11.0 Å². The van der Waals surface area contributed by atoms with Crippen LogP contribution in [0, 0.1) is 0 Å². The van der Waals surface area contributed by atoms with E-state index in [4.69, 9.17) is 33.3 Å². The summed E-state index contributed by atoms with van der Waals surface area (Å²) in [6.07, 6.45) is 2.38. The maximum Gasteiger partial charge on any atom is 0.328 e. The van der Waals surface area contributed by atoms with Crippen LogP contribution in [0.4, 0.5) is 0 Å². The van der Waals surface area contributed by atoms with Gasteiger partial charge < -0.3 is 15.0 Å². The van der Waals surface area contributed by atoms with Gasteiger partial charge in [-0.15, -0.1) is 0 Å². The summed E-state index contributed by atoms with van der Waals surface area (Å²) in [5.41, 5.74) is 2.66. The minimum atomic E-state index is -1.18. The molecule has 2 aromatic carbocycles. The summed E-state index contributed by atoms with van der Waals surface area (Å²) in [5.74, 6) is -0.996. The fourth-order valence-electron chi connectivity index (χ4n) is 3.06. The molecular formula is C21H19Cl2N3O3. The number of nitrogens with zero attached hydrogens (tertiary/aromatic N) is 2. The number of halogens is 2. The average molecular weight is 432 g/mol. The van der Waals surface area contributed by atoms with Crippen molar-refractivity contribution in [3.8, 4) is 0 Å². The molecule has 0 aliphatic carbocycles. The quantitative estimate of drug-likeness (QED) is 0.535. The molecule has 1 atom stereocenters. The van der Waals surface area contributed by atoms with Crippen molar-refractivity contribution in [1.29, 1.82) is 0 Å². The Labute approximate surface area is 177 Å². The number of aromatic nitrogens is 2. The number of hydrogen-bond acceptors (Lipinski definition) is 3. The first-order chi connectivity index (χ1) is 13.9. The molecule has 150 valence electrons. The largest absolute Gasteiger partial charge is 0.478 e. The van der Waals surface area contributed by atoms with Crippen molar-refractivity contribution in [2.24, 2.45) is 0 Å².